The van der Waals surface area contributed by atoms with Crippen molar-refractivity contribution in [2.45, 2.75) is 38.1 Å². The van der Waals surface area contributed by atoms with Crippen LogP contribution >= 0.6 is 12.4 Å². The Morgan fingerprint density at radius 3 is 2.50 bits per heavy atom. The van der Waals surface area contributed by atoms with Gasteiger partial charge in [0.15, 0.2) is 0 Å². The van der Waals surface area contributed by atoms with Crippen molar-refractivity contribution in [3.05, 3.63) is 0 Å². The summed E-state index contributed by atoms with van der Waals surface area (Å²) in [4.78, 5) is 24.8. The highest BCUT2D eigenvalue weighted by Gasteiger charge is 2.33. The molecule has 0 saturated carbocycles. The standard InChI is InChI=1S/C12H23N3O2.ClH/c1-12(7-4-5-8-14-12)11(17)13-9-6-10(16)15(2)3;/h14H,4-9H2,1-3H3,(H,13,17);1H. The summed E-state index contributed by atoms with van der Waals surface area (Å²) >= 11 is 0. The second kappa shape index (κ2) is 7.59. The van der Waals surface area contributed by atoms with E-state index in [1.807, 2.05) is 6.92 Å². The third kappa shape index (κ3) is 4.82. The van der Waals surface area contributed by atoms with Gasteiger partial charge < -0.3 is 15.5 Å². The molecule has 5 nitrogen and oxygen atoms in total. The number of hydrogen-bond acceptors (Lipinski definition) is 3. The predicted molar refractivity (Wildman–Crippen MR) is 73.8 cm³/mol. The van der Waals surface area contributed by atoms with Crippen LogP contribution in [0.2, 0.25) is 0 Å². The number of nitrogens with zero attached hydrogens (tertiary/aromatic N) is 1. The van der Waals surface area contributed by atoms with E-state index >= 15 is 0 Å². The lowest BCUT2D eigenvalue weighted by atomic mass is 9.90. The lowest BCUT2D eigenvalue weighted by Crippen LogP contribution is -2.57. The van der Waals surface area contributed by atoms with Gasteiger partial charge in [0.1, 0.15) is 0 Å². The highest BCUT2D eigenvalue weighted by Crippen LogP contribution is 2.18. The van der Waals surface area contributed by atoms with Gasteiger partial charge in [-0.05, 0) is 32.7 Å². The number of amides is 2. The first-order valence-electron chi connectivity index (χ1n) is 6.19. The Labute approximate surface area is 115 Å². The summed E-state index contributed by atoms with van der Waals surface area (Å²) < 4.78 is 0. The smallest absolute Gasteiger partial charge is 0.240 e. The average molecular weight is 278 g/mol. The summed E-state index contributed by atoms with van der Waals surface area (Å²) in [6, 6.07) is 0. The molecule has 1 aliphatic rings. The van der Waals surface area contributed by atoms with Gasteiger partial charge in [0, 0.05) is 27.1 Å². The van der Waals surface area contributed by atoms with E-state index in [4.69, 9.17) is 0 Å². The lowest BCUT2D eigenvalue weighted by molar-refractivity contribution is -0.129. The van der Waals surface area contributed by atoms with Crippen LogP contribution in [0, 0.1) is 0 Å². The highest BCUT2D eigenvalue weighted by atomic mass is 35.5. The number of carbonyl (C=O) groups is 2. The Morgan fingerprint density at radius 1 is 1.33 bits per heavy atom. The summed E-state index contributed by atoms with van der Waals surface area (Å²) in [5.74, 6) is 0.0378. The number of halogens is 1. The van der Waals surface area contributed by atoms with Gasteiger partial charge in [-0.15, -0.1) is 12.4 Å². The normalized spacial score (nSPS) is 22.8. The Hall–Kier alpha value is -0.810. The molecule has 0 aromatic rings. The van der Waals surface area contributed by atoms with Crippen LogP contribution in [0.5, 0.6) is 0 Å². The Kier molecular flexibility index (Phi) is 7.25. The summed E-state index contributed by atoms with van der Waals surface area (Å²) in [6.07, 6.45) is 3.42. The van der Waals surface area contributed by atoms with E-state index in [0.29, 0.717) is 13.0 Å². The van der Waals surface area contributed by atoms with Crippen LogP contribution in [0.1, 0.15) is 32.6 Å². The van der Waals surface area contributed by atoms with E-state index in [2.05, 4.69) is 10.6 Å². The molecule has 1 fully saturated rings. The van der Waals surface area contributed by atoms with Crippen molar-refractivity contribution in [2.75, 3.05) is 27.2 Å². The molecule has 1 unspecified atom stereocenters. The van der Waals surface area contributed by atoms with Crippen LogP contribution in [0.4, 0.5) is 0 Å². The molecule has 0 aliphatic carbocycles. The molecule has 0 bridgehead atoms. The molecule has 1 atom stereocenters. The van der Waals surface area contributed by atoms with Crippen molar-refractivity contribution in [1.82, 2.24) is 15.5 Å². The monoisotopic (exact) mass is 277 g/mol. The van der Waals surface area contributed by atoms with Gasteiger partial charge in [0.05, 0.1) is 5.54 Å². The van der Waals surface area contributed by atoms with Gasteiger partial charge in [0.2, 0.25) is 11.8 Å². The molecular weight excluding hydrogens is 254 g/mol. The van der Waals surface area contributed by atoms with Gasteiger partial charge in [-0.1, -0.05) is 0 Å². The quantitative estimate of drug-likeness (QED) is 0.788. The summed E-state index contributed by atoms with van der Waals surface area (Å²) in [5, 5.41) is 6.08. The fourth-order valence-corrected chi connectivity index (χ4v) is 1.95. The summed E-state index contributed by atoms with van der Waals surface area (Å²) in [5.41, 5.74) is -0.459. The number of rotatable bonds is 4. The van der Waals surface area contributed by atoms with E-state index < -0.39 is 5.54 Å². The van der Waals surface area contributed by atoms with E-state index in [0.717, 1.165) is 25.8 Å². The zero-order valence-electron chi connectivity index (χ0n) is 11.4. The molecule has 0 aromatic carbocycles. The van der Waals surface area contributed by atoms with Gasteiger partial charge in [-0.3, -0.25) is 9.59 Å². The maximum atomic E-state index is 12.0. The molecule has 1 heterocycles. The SMILES string of the molecule is CN(C)C(=O)CCNC(=O)C1(C)CCCCN1.Cl. The second-order valence-corrected chi connectivity index (χ2v) is 5.01. The minimum Gasteiger partial charge on any atom is -0.354 e. The largest absolute Gasteiger partial charge is 0.354 e. The number of carbonyl (C=O) groups excluding carboxylic acids is 2. The third-order valence-corrected chi connectivity index (χ3v) is 3.24. The number of nitrogens with one attached hydrogen (secondary N) is 2. The van der Waals surface area contributed by atoms with Gasteiger partial charge in [-0.2, -0.15) is 0 Å². The molecule has 2 amide bonds. The summed E-state index contributed by atoms with van der Waals surface area (Å²) in [7, 11) is 3.43. The first kappa shape index (κ1) is 17.2. The first-order chi connectivity index (χ1) is 7.96. The van der Waals surface area contributed by atoms with Crippen molar-refractivity contribution in [3.8, 4) is 0 Å². The Balaban J connectivity index is 0.00000289. The van der Waals surface area contributed by atoms with Crippen molar-refractivity contribution in [2.24, 2.45) is 0 Å². The van der Waals surface area contributed by atoms with Crippen LogP contribution in [0.15, 0.2) is 0 Å². The highest BCUT2D eigenvalue weighted by molar-refractivity contribution is 5.86. The van der Waals surface area contributed by atoms with Crippen LogP contribution in [0.3, 0.4) is 0 Å². The minimum atomic E-state index is -0.459. The average Bonchev–Trinajstić information content (AvgIpc) is 2.29. The predicted octanol–water partition coefficient (Wildman–Crippen LogP) is 0.535. The fraction of sp³-hybridized carbons (Fsp3) is 0.833. The second-order valence-electron chi connectivity index (χ2n) is 5.01. The summed E-state index contributed by atoms with van der Waals surface area (Å²) in [6.45, 7) is 3.23. The molecule has 106 valence electrons. The maximum Gasteiger partial charge on any atom is 0.240 e. The molecule has 1 rings (SSSR count). The zero-order chi connectivity index (χ0) is 12.9. The zero-order valence-corrected chi connectivity index (χ0v) is 12.2. The van der Waals surface area contributed by atoms with E-state index in [-0.39, 0.29) is 24.2 Å². The molecular formula is C12H24ClN3O2. The molecule has 0 radical (unpaired) electrons. The molecule has 0 aromatic heterocycles. The van der Waals surface area contributed by atoms with E-state index in [1.54, 1.807) is 14.1 Å². The topological polar surface area (TPSA) is 61.4 Å². The fourth-order valence-electron chi connectivity index (χ4n) is 1.95. The number of piperidine rings is 1. The van der Waals surface area contributed by atoms with Crippen molar-refractivity contribution in [3.63, 3.8) is 0 Å². The molecule has 1 aliphatic heterocycles. The van der Waals surface area contributed by atoms with Gasteiger partial charge in [-0.25, -0.2) is 0 Å². The van der Waals surface area contributed by atoms with Crippen LogP contribution < -0.4 is 10.6 Å². The lowest BCUT2D eigenvalue weighted by Gasteiger charge is -2.33. The molecule has 6 heteroatoms. The van der Waals surface area contributed by atoms with E-state index in [9.17, 15) is 9.59 Å². The molecule has 0 spiro atoms. The van der Waals surface area contributed by atoms with Crippen LogP contribution in [0.25, 0.3) is 0 Å². The minimum absolute atomic E-state index is 0. The molecule has 2 N–H and O–H groups in total. The van der Waals surface area contributed by atoms with Gasteiger partial charge >= 0.3 is 0 Å². The van der Waals surface area contributed by atoms with Crippen molar-refractivity contribution in [1.29, 1.82) is 0 Å². The third-order valence-electron chi connectivity index (χ3n) is 3.24. The van der Waals surface area contributed by atoms with E-state index in [1.165, 1.54) is 4.90 Å². The van der Waals surface area contributed by atoms with Gasteiger partial charge in [0.25, 0.3) is 0 Å². The maximum absolute atomic E-state index is 12.0. The van der Waals surface area contributed by atoms with Crippen LogP contribution in [-0.2, 0) is 9.59 Å². The Morgan fingerprint density at radius 2 is 2.00 bits per heavy atom. The van der Waals surface area contributed by atoms with Crippen molar-refractivity contribution >= 4 is 24.2 Å². The first-order valence-corrected chi connectivity index (χ1v) is 6.19. The molecule has 18 heavy (non-hydrogen) atoms. The van der Waals surface area contributed by atoms with Crippen molar-refractivity contribution < 1.29 is 9.59 Å². The van der Waals surface area contributed by atoms with Crippen LogP contribution in [-0.4, -0.2) is 49.4 Å². The number of hydrogen-bond donors (Lipinski definition) is 2. The Bertz CT molecular complexity index is 289. The molecule has 1 saturated heterocycles.